The molecular weight excluding hydrogens is 172 g/mol. The Hall–Kier alpha value is -0.770. The first-order chi connectivity index (χ1) is 5.74. The van der Waals surface area contributed by atoms with E-state index >= 15 is 0 Å². The fourth-order valence-corrected chi connectivity index (χ4v) is 1.84. The number of carbonyl (C=O) groups excluding carboxylic acids is 1. The van der Waals surface area contributed by atoms with Crippen LogP contribution in [-0.4, -0.2) is 21.8 Å². The van der Waals surface area contributed by atoms with Crippen LogP contribution in [0, 0.1) is 6.92 Å². The number of aldehydes is 1. The summed E-state index contributed by atoms with van der Waals surface area (Å²) in [6.45, 7) is 1.96. The number of aryl methyl sites for hydroxylation is 2. The molecule has 0 atom stereocenters. The molecule has 1 aromatic rings. The minimum absolute atomic E-state index is 0.606. The van der Waals surface area contributed by atoms with Gasteiger partial charge in [-0.15, -0.1) is 11.8 Å². The number of hydrogen-bond donors (Lipinski definition) is 0. The average molecular weight is 184 g/mol. The Labute approximate surface area is 76.1 Å². The molecule has 66 valence electrons. The van der Waals surface area contributed by atoms with Crippen molar-refractivity contribution in [2.75, 3.05) is 5.75 Å². The lowest BCUT2D eigenvalue weighted by Gasteiger charge is -1.97. The molecule has 1 rings (SSSR count). The second-order valence-electron chi connectivity index (χ2n) is 2.55. The minimum Gasteiger partial charge on any atom is -0.303 e. The van der Waals surface area contributed by atoms with Gasteiger partial charge in [0.1, 0.15) is 6.29 Å². The summed E-state index contributed by atoms with van der Waals surface area (Å²) >= 11 is 1.66. The Morgan fingerprint density at radius 1 is 1.75 bits per heavy atom. The number of nitrogens with zero attached hydrogens (tertiary/aromatic N) is 2. The van der Waals surface area contributed by atoms with Crippen LogP contribution in [0.2, 0.25) is 0 Å². The normalized spacial score (nSPS) is 10.2. The molecule has 1 aromatic heterocycles. The molecule has 0 saturated heterocycles. The number of rotatable bonds is 4. The molecule has 0 radical (unpaired) electrons. The quantitative estimate of drug-likeness (QED) is 0.403. The van der Waals surface area contributed by atoms with Gasteiger partial charge in [-0.2, -0.15) is 5.10 Å². The molecule has 0 amide bonds. The Morgan fingerprint density at radius 2 is 2.50 bits per heavy atom. The number of hydrogen-bond acceptors (Lipinski definition) is 3. The first-order valence-corrected chi connectivity index (χ1v) is 4.79. The zero-order chi connectivity index (χ0) is 8.97. The molecule has 0 bridgehead atoms. The summed E-state index contributed by atoms with van der Waals surface area (Å²) in [5, 5.41) is 5.32. The summed E-state index contributed by atoms with van der Waals surface area (Å²) < 4.78 is 1.84. The second kappa shape index (κ2) is 4.30. The van der Waals surface area contributed by atoms with Crippen molar-refractivity contribution in [1.82, 2.24) is 9.78 Å². The van der Waals surface area contributed by atoms with Gasteiger partial charge in [0.2, 0.25) is 0 Å². The van der Waals surface area contributed by atoms with Crippen LogP contribution in [0.25, 0.3) is 0 Å². The van der Waals surface area contributed by atoms with Gasteiger partial charge in [-0.3, -0.25) is 4.68 Å². The molecule has 0 aliphatic heterocycles. The third-order valence-corrected chi connectivity index (χ3v) is 2.56. The summed E-state index contributed by atoms with van der Waals surface area (Å²) in [5.74, 6) is 0.836. The maximum absolute atomic E-state index is 10.0. The molecule has 0 aliphatic carbocycles. The first-order valence-electron chi connectivity index (χ1n) is 3.81. The van der Waals surface area contributed by atoms with E-state index in [1.54, 1.807) is 11.8 Å². The van der Waals surface area contributed by atoms with Crippen molar-refractivity contribution < 1.29 is 4.79 Å². The van der Waals surface area contributed by atoms with Gasteiger partial charge in [0, 0.05) is 19.2 Å². The number of aromatic nitrogens is 2. The lowest BCUT2D eigenvalue weighted by atomic mass is 10.5. The highest BCUT2D eigenvalue weighted by Gasteiger charge is 2.00. The molecule has 0 N–H and O–H groups in total. The molecule has 0 aromatic carbocycles. The summed E-state index contributed by atoms with van der Waals surface area (Å²) in [4.78, 5) is 10.0. The smallest absolute Gasteiger partial charge is 0.120 e. The summed E-state index contributed by atoms with van der Waals surface area (Å²) in [5.41, 5.74) is 1.02. The summed E-state index contributed by atoms with van der Waals surface area (Å²) in [6, 6.07) is 2.02. The van der Waals surface area contributed by atoms with E-state index in [0.717, 1.165) is 22.8 Å². The zero-order valence-corrected chi connectivity index (χ0v) is 8.10. The van der Waals surface area contributed by atoms with Crippen molar-refractivity contribution in [1.29, 1.82) is 0 Å². The Bertz CT molecular complexity index is 270. The van der Waals surface area contributed by atoms with Crippen molar-refractivity contribution in [2.45, 2.75) is 18.4 Å². The standard InChI is InChI=1S/C8H12N2OS/c1-7-6-8(10(2)9-7)12-5-3-4-11/h4,6H,3,5H2,1-2H3. The van der Waals surface area contributed by atoms with Crippen LogP contribution in [0.5, 0.6) is 0 Å². The van der Waals surface area contributed by atoms with Crippen molar-refractivity contribution in [3.8, 4) is 0 Å². The average Bonchev–Trinajstić information content (AvgIpc) is 2.31. The maximum atomic E-state index is 10.0. The number of carbonyl (C=O) groups is 1. The largest absolute Gasteiger partial charge is 0.303 e. The van der Waals surface area contributed by atoms with E-state index in [-0.39, 0.29) is 0 Å². The molecule has 0 aliphatic rings. The lowest BCUT2D eigenvalue weighted by Crippen LogP contribution is -1.93. The van der Waals surface area contributed by atoms with Gasteiger partial charge in [0.05, 0.1) is 10.7 Å². The Kier molecular flexibility index (Phi) is 3.34. The lowest BCUT2D eigenvalue weighted by molar-refractivity contribution is -0.107. The molecule has 3 nitrogen and oxygen atoms in total. The van der Waals surface area contributed by atoms with Gasteiger partial charge in [-0.1, -0.05) is 0 Å². The third kappa shape index (κ3) is 2.37. The van der Waals surface area contributed by atoms with Crippen LogP contribution in [0.4, 0.5) is 0 Å². The molecule has 0 spiro atoms. The molecule has 0 fully saturated rings. The van der Waals surface area contributed by atoms with Crippen LogP contribution in [0.15, 0.2) is 11.1 Å². The second-order valence-corrected chi connectivity index (χ2v) is 3.67. The van der Waals surface area contributed by atoms with Gasteiger partial charge in [-0.05, 0) is 13.0 Å². The molecule has 0 unspecified atom stereocenters. The van der Waals surface area contributed by atoms with Crippen molar-refractivity contribution in [2.24, 2.45) is 7.05 Å². The predicted octanol–water partition coefficient (Wildman–Crippen LogP) is 1.41. The Balaban J connectivity index is 2.50. The van der Waals surface area contributed by atoms with Crippen LogP contribution < -0.4 is 0 Å². The van der Waals surface area contributed by atoms with E-state index in [1.165, 1.54) is 0 Å². The SMILES string of the molecule is Cc1cc(SCCC=O)n(C)n1. The van der Waals surface area contributed by atoms with Crippen LogP contribution in [-0.2, 0) is 11.8 Å². The van der Waals surface area contributed by atoms with E-state index in [2.05, 4.69) is 5.10 Å². The van der Waals surface area contributed by atoms with E-state index < -0.39 is 0 Å². The highest BCUT2D eigenvalue weighted by atomic mass is 32.2. The molecular formula is C8H12N2OS. The van der Waals surface area contributed by atoms with Gasteiger partial charge < -0.3 is 4.79 Å². The topological polar surface area (TPSA) is 34.9 Å². The van der Waals surface area contributed by atoms with Crippen molar-refractivity contribution in [3.63, 3.8) is 0 Å². The molecule has 1 heterocycles. The highest BCUT2D eigenvalue weighted by Crippen LogP contribution is 2.18. The fourth-order valence-electron chi connectivity index (χ4n) is 0.934. The van der Waals surface area contributed by atoms with Crippen LogP contribution in [0.1, 0.15) is 12.1 Å². The van der Waals surface area contributed by atoms with Crippen LogP contribution in [0.3, 0.4) is 0 Å². The Morgan fingerprint density at radius 3 is 3.00 bits per heavy atom. The maximum Gasteiger partial charge on any atom is 0.120 e. The van der Waals surface area contributed by atoms with Crippen molar-refractivity contribution >= 4 is 18.0 Å². The van der Waals surface area contributed by atoms with E-state index in [1.807, 2.05) is 24.7 Å². The van der Waals surface area contributed by atoms with E-state index in [4.69, 9.17) is 0 Å². The summed E-state index contributed by atoms with van der Waals surface area (Å²) in [7, 11) is 1.91. The number of thioether (sulfide) groups is 1. The monoisotopic (exact) mass is 184 g/mol. The van der Waals surface area contributed by atoms with Crippen molar-refractivity contribution in [3.05, 3.63) is 11.8 Å². The van der Waals surface area contributed by atoms with E-state index in [0.29, 0.717) is 6.42 Å². The molecule has 4 heteroatoms. The van der Waals surface area contributed by atoms with E-state index in [9.17, 15) is 4.79 Å². The summed E-state index contributed by atoms with van der Waals surface area (Å²) in [6.07, 6.45) is 1.55. The van der Waals surface area contributed by atoms with Gasteiger partial charge in [0.15, 0.2) is 0 Å². The first kappa shape index (κ1) is 9.32. The molecule has 12 heavy (non-hydrogen) atoms. The fraction of sp³-hybridized carbons (Fsp3) is 0.500. The van der Waals surface area contributed by atoms with Crippen LogP contribution >= 0.6 is 11.8 Å². The minimum atomic E-state index is 0.606. The highest BCUT2D eigenvalue weighted by molar-refractivity contribution is 7.99. The van der Waals surface area contributed by atoms with Gasteiger partial charge >= 0.3 is 0 Å². The van der Waals surface area contributed by atoms with Gasteiger partial charge in [-0.25, -0.2) is 0 Å². The predicted molar refractivity (Wildman–Crippen MR) is 49.4 cm³/mol. The van der Waals surface area contributed by atoms with Gasteiger partial charge in [0.25, 0.3) is 0 Å². The zero-order valence-electron chi connectivity index (χ0n) is 7.28. The third-order valence-electron chi connectivity index (χ3n) is 1.44. The molecule has 0 saturated carbocycles.